The van der Waals surface area contributed by atoms with Crippen LogP contribution in [0, 0.1) is 0 Å². The zero-order valence-corrected chi connectivity index (χ0v) is 12.6. The summed E-state index contributed by atoms with van der Waals surface area (Å²) in [5, 5.41) is 7.24. The van der Waals surface area contributed by atoms with Crippen molar-refractivity contribution in [1.82, 2.24) is 15.5 Å². The first-order valence-electron chi connectivity index (χ1n) is 6.63. The van der Waals surface area contributed by atoms with Crippen molar-refractivity contribution in [3.05, 3.63) is 41.5 Å². The molecule has 1 unspecified atom stereocenters. The zero-order chi connectivity index (χ0) is 13.8. The van der Waals surface area contributed by atoms with Crippen molar-refractivity contribution in [2.75, 3.05) is 26.8 Å². The molecule has 7 heteroatoms. The van der Waals surface area contributed by atoms with Crippen molar-refractivity contribution < 1.29 is 14.0 Å². The van der Waals surface area contributed by atoms with Gasteiger partial charge in [0, 0.05) is 19.5 Å². The Bertz CT molecular complexity index is 553. The largest absolute Gasteiger partial charge is 0.497 e. The van der Waals surface area contributed by atoms with Crippen molar-refractivity contribution in [2.45, 2.75) is 12.5 Å². The first-order valence-corrected chi connectivity index (χ1v) is 6.63. The summed E-state index contributed by atoms with van der Waals surface area (Å²) in [6.45, 7) is 2.24. The number of methoxy groups -OCH3 is 1. The van der Waals surface area contributed by atoms with Gasteiger partial charge in [0.05, 0.1) is 13.7 Å². The van der Waals surface area contributed by atoms with Crippen LogP contribution in [0.2, 0.25) is 0 Å². The number of hydrogen-bond acceptors (Lipinski definition) is 6. The van der Waals surface area contributed by atoms with E-state index in [0.29, 0.717) is 31.3 Å². The average Bonchev–Trinajstić information content (AvgIpc) is 2.97. The van der Waals surface area contributed by atoms with E-state index in [0.717, 1.165) is 17.9 Å². The van der Waals surface area contributed by atoms with Crippen molar-refractivity contribution in [3.8, 4) is 5.75 Å². The number of nitrogens with one attached hydrogen (secondary N) is 1. The third kappa shape index (κ3) is 3.93. The molecule has 21 heavy (non-hydrogen) atoms. The third-order valence-electron chi connectivity index (χ3n) is 3.21. The number of aromatic nitrogens is 2. The quantitative estimate of drug-likeness (QED) is 0.927. The summed E-state index contributed by atoms with van der Waals surface area (Å²) in [5.74, 6) is 2.05. The molecule has 0 saturated carbocycles. The van der Waals surface area contributed by atoms with E-state index in [4.69, 9.17) is 14.0 Å². The maximum atomic E-state index is 5.58. The molecule has 0 bridgehead atoms. The lowest BCUT2D eigenvalue weighted by Crippen LogP contribution is -2.33. The van der Waals surface area contributed by atoms with E-state index in [1.807, 2.05) is 24.3 Å². The molecule has 1 N–H and O–H groups in total. The molecular formula is C14H18ClN3O3. The average molecular weight is 312 g/mol. The number of rotatable bonds is 4. The Morgan fingerprint density at radius 3 is 2.81 bits per heavy atom. The number of benzene rings is 1. The molecule has 0 spiro atoms. The van der Waals surface area contributed by atoms with E-state index in [1.165, 1.54) is 0 Å². The van der Waals surface area contributed by atoms with Gasteiger partial charge in [-0.3, -0.25) is 0 Å². The summed E-state index contributed by atoms with van der Waals surface area (Å²) >= 11 is 0. The molecule has 1 atom stereocenters. The summed E-state index contributed by atoms with van der Waals surface area (Å²) < 4.78 is 16.0. The highest BCUT2D eigenvalue weighted by Gasteiger charge is 2.22. The maximum absolute atomic E-state index is 5.58. The second-order valence-corrected chi connectivity index (χ2v) is 4.64. The highest BCUT2D eigenvalue weighted by molar-refractivity contribution is 5.85. The molecule has 114 valence electrons. The van der Waals surface area contributed by atoms with Gasteiger partial charge in [-0.2, -0.15) is 4.98 Å². The van der Waals surface area contributed by atoms with Crippen LogP contribution in [0.3, 0.4) is 0 Å². The monoisotopic (exact) mass is 311 g/mol. The van der Waals surface area contributed by atoms with Crippen LogP contribution >= 0.6 is 12.4 Å². The predicted octanol–water partition coefficient (Wildman–Crippen LogP) is 1.75. The second kappa shape index (κ2) is 7.40. The summed E-state index contributed by atoms with van der Waals surface area (Å²) in [6, 6.07) is 7.83. The maximum Gasteiger partial charge on any atom is 0.257 e. The molecule has 0 aliphatic carbocycles. The van der Waals surface area contributed by atoms with Gasteiger partial charge in [-0.05, 0) is 17.7 Å². The molecule has 6 nitrogen and oxygen atoms in total. The Kier molecular flexibility index (Phi) is 5.55. The summed E-state index contributed by atoms with van der Waals surface area (Å²) in [6.07, 6.45) is 0.494. The van der Waals surface area contributed by atoms with Gasteiger partial charge in [-0.15, -0.1) is 12.4 Å². The molecule has 1 aliphatic rings. The molecule has 0 amide bonds. The molecule has 0 radical (unpaired) electrons. The highest BCUT2D eigenvalue weighted by Crippen LogP contribution is 2.18. The number of morpholine rings is 1. The number of ether oxygens (including phenoxy) is 2. The summed E-state index contributed by atoms with van der Waals surface area (Å²) in [4.78, 5) is 4.40. The van der Waals surface area contributed by atoms with Crippen molar-refractivity contribution in [3.63, 3.8) is 0 Å². The molecular weight excluding hydrogens is 294 g/mol. The first kappa shape index (κ1) is 15.8. The van der Waals surface area contributed by atoms with Gasteiger partial charge in [-0.1, -0.05) is 17.3 Å². The smallest absolute Gasteiger partial charge is 0.257 e. The fourth-order valence-corrected chi connectivity index (χ4v) is 2.12. The van der Waals surface area contributed by atoms with Crippen LogP contribution in [-0.2, 0) is 11.2 Å². The van der Waals surface area contributed by atoms with Crippen molar-refractivity contribution in [1.29, 1.82) is 0 Å². The van der Waals surface area contributed by atoms with Crippen LogP contribution in [0.1, 0.15) is 23.4 Å². The summed E-state index contributed by atoms with van der Waals surface area (Å²) in [7, 11) is 1.65. The minimum Gasteiger partial charge on any atom is -0.497 e. The van der Waals surface area contributed by atoms with E-state index in [9.17, 15) is 0 Å². The minimum absolute atomic E-state index is 0. The molecule has 1 aromatic carbocycles. The molecule has 2 heterocycles. The minimum atomic E-state index is -0.138. The van der Waals surface area contributed by atoms with Gasteiger partial charge in [0.1, 0.15) is 11.9 Å². The third-order valence-corrected chi connectivity index (χ3v) is 3.21. The van der Waals surface area contributed by atoms with Gasteiger partial charge in [0.15, 0.2) is 5.82 Å². The topological polar surface area (TPSA) is 69.4 Å². The normalized spacial score (nSPS) is 18.0. The number of halogens is 1. The molecule has 1 aromatic heterocycles. The molecule has 1 saturated heterocycles. The van der Waals surface area contributed by atoms with E-state index < -0.39 is 0 Å². The Balaban J connectivity index is 0.00000161. The van der Waals surface area contributed by atoms with Crippen molar-refractivity contribution >= 4 is 12.4 Å². The standard InChI is InChI=1S/C14H17N3O3.ClH/c1-18-11-4-2-10(3-5-11)8-13-16-14(20-17-13)12-9-15-6-7-19-12;/h2-5,12,15H,6-9H2,1H3;1H. The lowest BCUT2D eigenvalue weighted by atomic mass is 10.1. The SMILES string of the molecule is COc1ccc(Cc2noc(C3CNCCO3)n2)cc1.Cl. The van der Waals surface area contributed by atoms with Gasteiger partial charge in [0.2, 0.25) is 0 Å². The van der Waals surface area contributed by atoms with E-state index in [-0.39, 0.29) is 18.5 Å². The van der Waals surface area contributed by atoms with Crippen LogP contribution in [0.15, 0.2) is 28.8 Å². The second-order valence-electron chi connectivity index (χ2n) is 4.64. The van der Waals surface area contributed by atoms with Gasteiger partial charge in [0.25, 0.3) is 5.89 Å². The number of nitrogens with zero attached hydrogens (tertiary/aromatic N) is 2. The fourth-order valence-electron chi connectivity index (χ4n) is 2.12. The first-order chi connectivity index (χ1) is 9.85. The van der Waals surface area contributed by atoms with Crippen LogP contribution in [-0.4, -0.2) is 36.9 Å². The van der Waals surface area contributed by atoms with Gasteiger partial charge in [-0.25, -0.2) is 0 Å². The zero-order valence-electron chi connectivity index (χ0n) is 11.7. The molecule has 3 rings (SSSR count). The van der Waals surface area contributed by atoms with Gasteiger partial charge >= 0.3 is 0 Å². The Morgan fingerprint density at radius 1 is 1.33 bits per heavy atom. The summed E-state index contributed by atoms with van der Waals surface area (Å²) in [5.41, 5.74) is 1.11. The fraction of sp³-hybridized carbons (Fsp3) is 0.429. The van der Waals surface area contributed by atoms with E-state index >= 15 is 0 Å². The Morgan fingerprint density at radius 2 is 2.14 bits per heavy atom. The molecule has 1 fully saturated rings. The molecule has 1 aliphatic heterocycles. The van der Waals surface area contributed by atoms with Crippen LogP contribution in [0.4, 0.5) is 0 Å². The van der Waals surface area contributed by atoms with Crippen LogP contribution < -0.4 is 10.1 Å². The van der Waals surface area contributed by atoms with Gasteiger partial charge < -0.3 is 19.3 Å². The molecule has 2 aromatic rings. The van der Waals surface area contributed by atoms with E-state index in [1.54, 1.807) is 7.11 Å². The van der Waals surface area contributed by atoms with E-state index in [2.05, 4.69) is 15.5 Å². The van der Waals surface area contributed by atoms with Crippen LogP contribution in [0.5, 0.6) is 5.75 Å². The van der Waals surface area contributed by atoms with Crippen LogP contribution in [0.25, 0.3) is 0 Å². The lowest BCUT2D eigenvalue weighted by molar-refractivity contribution is 0.00755. The lowest BCUT2D eigenvalue weighted by Gasteiger charge is -2.19. The Hall–Kier alpha value is -1.63. The Labute approximate surface area is 129 Å². The highest BCUT2D eigenvalue weighted by atomic mass is 35.5. The van der Waals surface area contributed by atoms with Crippen molar-refractivity contribution in [2.24, 2.45) is 0 Å². The number of hydrogen-bond donors (Lipinski definition) is 1. The predicted molar refractivity (Wildman–Crippen MR) is 78.9 cm³/mol.